The number of hydrogen-bond donors (Lipinski definition) is 2. The van der Waals surface area contributed by atoms with Gasteiger partial charge in [0.1, 0.15) is 11.6 Å². The lowest BCUT2D eigenvalue weighted by Crippen LogP contribution is -2.26. The second-order valence-corrected chi connectivity index (χ2v) is 10.3. The summed E-state index contributed by atoms with van der Waals surface area (Å²) < 4.78 is 28.9. The number of aromatic nitrogens is 5. The first-order chi connectivity index (χ1) is 15.7. The first kappa shape index (κ1) is 22.8. The number of rotatable bonds is 7. The number of likely N-dealkylation sites (tertiary alicyclic amines) is 1. The van der Waals surface area contributed by atoms with Gasteiger partial charge < -0.3 is 15.8 Å². The van der Waals surface area contributed by atoms with Crippen LogP contribution in [-0.4, -0.2) is 69.9 Å². The molecular formula is C21H26N8O3S. The minimum absolute atomic E-state index is 0.121. The summed E-state index contributed by atoms with van der Waals surface area (Å²) in [6, 6.07) is 5.51. The predicted octanol–water partition coefficient (Wildman–Crippen LogP) is 1.59. The maximum absolute atomic E-state index is 11.9. The van der Waals surface area contributed by atoms with Crippen molar-refractivity contribution in [3.63, 3.8) is 0 Å². The molecule has 3 N–H and O–H groups in total. The highest BCUT2D eigenvalue weighted by atomic mass is 32.2. The molecule has 0 radical (unpaired) electrons. The standard InChI is InChI=1S/C21H26N8O3S/c1-13-25-20(28-21(22)26-13)17-8-14(11-29-7-6-16(12-29)33(3,30)31)9-24-19(17)27-15-4-5-18(32-2)23-10-15/h4-5,8-10,16H,6-7,11-12H2,1-3H3,(H,24,27)(H2,22,25,26,28)/t16-/m0/s1. The summed E-state index contributed by atoms with van der Waals surface area (Å²) in [7, 11) is -1.50. The Labute approximate surface area is 192 Å². The van der Waals surface area contributed by atoms with Crippen LogP contribution in [-0.2, 0) is 16.4 Å². The molecule has 0 amide bonds. The van der Waals surface area contributed by atoms with Gasteiger partial charge in [0.25, 0.3) is 0 Å². The number of sulfone groups is 1. The van der Waals surface area contributed by atoms with Gasteiger partial charge in [-0.15, -0.1) is 0 Å². The van der Waals surface area contributed by atoms with E-state index < -0.39 is 9.84 Å². The van der Waals surface area contributed by atoms with E-state index in [4.69, 9.17) is 10.5 Å². The van der Waals surface area contributed by atoms with Crippen molar-refractivity contribution in [3.8, 4) is 17.3 Å². The van der Waals surface area contributed by atoms with Crippen molar-refractivity contribution in [2.24, 2.45) is 0 Å². The van der Waals surface area contributed by atoms with Crippen molar-refractivity contribution in [1.29, 1.82) is 0 Å². The van der Waals surface area contributed by atoms with Gasteiger partial charge in [0, 0.05) is 31.6 Å². The van der Waals surface area contributed by atoms with E-state index in [0.717, 1.165) is 5.56 Å². The highest BCUT2D eigenvalue weighted by Gasteiger charge is 2.30. The van der Waals surface area contributed by atoms with Gasteiger partial charge in [0.05, 0.1) is 29.8 Å². The molecule has 11 nitrogen and oxygen atoms in total. The van der Waals surface area contributed by atoms with Crippen LogP contribution in [0.2, 0.25) is 0 Å². The summed E-state index contributed by atoms with van der Waals surface area (Å²) in [5, 5.41) is 2.91. The molecule has 0 aliphatic carbocycles. The molecule has 0 bridgehead atoms. The lowest BCUT2D eigenvalue weighted by molar-refractivity contribution is 0.331. The first-order valence-corrected chi connectivity index (χ1v) is 12.3. The minimum Gasteiger partial charge on any atom is -0.481 e. The van der Waals surface area contributed by atoms with Crippen molar-refractivity contribution < 1.29 is 13.2 Å². The van der Waals surface area contributed by atoms with Crippen molar-refractivity contribution in [2.75, 3.05) is 37.5 Å². The summed E-state index contributed by atoms with van der Waals surface area (Å²) in [4.78, 5) is 23.7. The van der Waals surface area contributed by atoms with Gasteiger partial charge in [-0.05, 0) is 37.6 Å². The van der Waals surface area contributed by atoms with Crippen LogP contribution in [0.5, 0.6) is 5.88 Å². The van der Waals surface area contributed by atoms with Gasteiger partial charge in [-0.25, -0.2) is 23.4 Å². The minimum atomic E-state index is -3.06. The fourth-order valence-electron chi connectivity index (χ4n) is 3.75. The number of nitrogens with zero attached hydrogens (tertiary/aromatic N) is 6. The molecule has 1 saturated heterocycles. The fourth-order valence-corrected chi connectivity index (χ4v) is 4.76. The third kappa shape index (κ3) is 5.52. The summed E-state index contributed by atoms with van der Waals surface area (Å²) in [5.74, 6) is 2.05. The van der Waals surface area contributed by atoms with Crippen LogP contribution in [0.25, 0.3) is 11.4 Å². The van der Waals surface area contributed by atoms with Crippen LogP contribution in [0.1, 0.15) is 17.8 Å². The zero-order valence-corrected chi connectivity index (χ0v) is 19.5. The number of ether oxygens (including phenoxy) is 1. The number of aryl methyl sites for hydroxylation is 1. The first-order valence-electron chi connectivity index (χ1n) is 10.4. The molecule has 4 heterocycles. The molecule has 1 fully saturated rings. The number of nitrogen functional groups attached to an aromatic ring is 1. The van der Waals surface area contributed by atoms with E-state index in [9.17, 15) is 8.42 Å². The van der Waals surface area contributed by atoms with Gasteiger partial charge >= 0.3 is 0 Å². The zero-order valence-electron chi connectivity index (χ0n) is 18.7. The fraction of sp³-hybridized carbons (Fsp3) is 0.381. The molecule has 0 aromatic carbocycles. The lowest BCUT2D eigenvalue weighted by Gasteiger charge is -2.17. The van der Waals surface area contributed by atoms with Crippen molar-refractivity contribution in [1.82, 2.24) is 29.8 Å². The molecule has 4 rings (SSSR count). The highest BCUT2D eigenvalue weighted by molar-refractivity contribution is 7.91. The molecule has 12 heteroatoms. The average molecular weight is 471 g/mol. The molecule has 3 aromatic heterocycles. The Morgan fingerprint density at radius 1 is 1.21 bits per heavy atom. The van der Waals surface area contributed by atoms with Crippen LogP contribution in [0, 0.1) is 6.92 Å². The molecule has 0 unspecified atom stereocenters. The Morgan fingerprint density at radius 3 is 2.67 bits per heavy atom. The van der Waals surface area contributed by atoms with E-state index in [1.165, 1.54) is 6.26 Å². The quantitative estimate of drug-likeness (QED) is 0.518. The van der Waals surface area contributed by atoms with Gasteiger partial charge in [0.2, 0.25) is 11.8 Å². The van der Waals surface area contributed by atoms with Crippen LogP contribution in [0.3, 0.4) is 0 Å². The molecule has 1 aliphatic heterocycles. The maximum atomic E-state index is 11.9. The van der Waals surface area contributed by atoms with Crippen LogP contribution < -0.4 is 15.8 Å². The zero-order chi connectivity index (χ0) is 23.6. The summed E-state index contributed by atoms with van der Waals surface area (Å²) >= 11 is 0. The maximum Gasteiger partial charge on any atom is 0.223 e. The Balaban J connectivity index is 1.65. The monoisotopic (exact) mass is 470 g/mol. The second-order valence-electron chi connectivity index (χ2n) is 7.99. The van der Waals surface area contributed by atoms with E-state index in [0.29, 0.717) is 60.7 Å². The lowest BCUT2D eigenvalue weighted by atomic mass is 10.1. The molecule has 1 aliphatic rings. The van der Waals surface area contributed by atoms with Gasteiger partial charge in [-0.3, -0.25) is 4.90 Å². The largest absolute Gasteiger partial charge is 0.481 e. The molecule has 0 saturated carbocycles. The third-order valence-electron chi connectivity index (χ3n) is 5.40. The van der Waals surface area contributed by atoms with Crippen LogP contribution in [0.4, 0.5) is 17.5 Å². The number of pyridine rings is 2. The topological polar surface area (TPSA) is 149 Å². The normalized spacial score (nSPS) is 16.6. The van der Waals surface area contributed by atoms with E-state index in [1.807, 2.05) is 12.1 Å². The van der Waals surface area contributed by atoms with Gasteiger partial charge in [0.15, 0.2) is 15.7 Å². The van der Waals surface area contributed by atoms with E-state index >= 15 is 0 Å². The number of nitrogens with two attached hydrogens (primary N) is 1. The Hall–Kier alpha value is -3.38. The van der Waals surface area contributed by atoms with Gasteiger partial charge in [-0.1, -0.05) is 0 Å². The molecule has 174 valence electrons. The predicted molar refractivity (Wildman–Crippen MR) is 125 cm³/mol. The smallest absolute Gasteiger partial charge is 0.223 e. The number of methoxy groups -OCH3 is 1. The van der Waals surface area contributed by atoms with Crippen molar-refractivity contribution >= 4 is 27.3 Å². The average Bonchev–Trinajstić information content (AvgIpc) is 3.24. The Bertz CT molecular complexity index is 1230. The molecule has 3 aromatic rings. The van der Waals surface area contributed by atoms with Crippen molar-refractivity contribution in [3.05, 3.63) is 42.0 Å². The molecule has 1 atom stereocenters. The van der Waals surface area contributed by atoms with Gasteiger partial charge in [-0.2, -0.15) is 9.97 Å². The highest BCUT2D eigenvalue weighted by Crippen LogP contribution is 2.29. The summed E-state index contributed by atoms with van der Waals surface area (Å²) in [6.07, 6.45) is 5.32. The van der Waals surface area contributed by atoms with Crippen LogP contribution >= 0.6 is 0 Å². The number of hydrogen-bond acceptors (Lipinski definition) is 11. The molecule has 0 spiro atoms. The van der Waals surface area contributed by atoms with E-state index in [-0.39, 0.29) is 11.2 Å². The Morgan fingerprint density at radius 2 is 2.03 bits per heavy atom. The van der Waals surface area contributed by atoms with Crippen molar-refractivity contribution in [2.45, 2.75) is 25.1 Å². The SMILES string of the molecule is COc1ccc(Nc2ncc(CN3CC[C@H](S(C)(=O)=O)C3)cc2-c2nc(C)nc(N)n2)cn1. The third-order valence-corrected chi connectivity index (χ3v) is 6.99. The molecule has 33 heavy (non-hydrogen) atoms. The molecular weight excluding hydrogens is 444 g/mol. The Kier molecular flexibility index (Phi) is 6.38. The summed E-state index contributed by atoms with van der Waals surface area (Å²) in [5.41, 5.74) is 8.14. The van der Waals surface area contributed by atoms with Crippen LogP contribution in [0.15, 0.2) is 30.6 Å². The van der Waals surface area contributed by atoms with E-state index in [2.05, 4.69) is 35.1 Å². The van der Waals surface area contributed by atoms with E-state index in [1.54, 1.807) is 32.5 Å². The second kappa shape index (κ2) is 9.24. The number of nitrogens with one attached hydrogen (secondary N) is 1. The summed E-state index contributed by atoms with van der Waals surface area (Å²) in [6.45, 7) is 3.52. The number of anilines is 3.